The van der Waals surface area contributed by atoms with Crippen molar-refractivity contribution in [1.82, 2.24) is 15.0 Å². The molecule has 2 heterocycles. The van der Waals surface area contributed by atoms with Crippen molar-refractivity contribution in [2.45, 2.75) is 27.0 Å². The monoisotopic (exact) mass is 290 g/mol. The molecule has 0 aliphatic rings. The Morgan fingerprint density at radius 3 is 2.62 bits per heavy atom. The van der Waals surface area contributed by atoms with E-state index in [1.54, 1.807) is 6.92 Å². The highest BCUT2D eigenvalue weighted by Gasteiger charge is 2.21. The first-order valence-electron chi connectivity index (χ1n) is 6.32. The largest absolute Gasteiger partial charge is 0.373 e. The van der Waals surface area contributed by atoms with E-state index in [4.69, 9.17) is 0 Å². The third-order valence-corrected chi connectivity index (χ3v) is 2.86. The van der Waals surface area contributed by atoms with Crippen molar-refractivity contribution < 1.29 is 14.3 Å². The van der Waals surface area contributed by atoms with E-state index >= 15 is 0 Å². The zero-order chi connectivity index (χ0) is 15.6. The van der Waals surface area contributed by atoms with Gasteiger partial charge in [0, 0.05) is 18.7 Å². The summed E-state index contributed by atoms with van der Waals surface area (Å²) in [6.45, 7) is 4.46. The number of carbonyl (C=O) groups is 1. The number of halogens is 1. The molecule has 0 fully saturated rings. The van der Waals surface area contributed by atoms with Crippen LogP contribution in [0.4, 0.5) is 10.2 Å². The van der Waals surface area contributed by atoms with Crippen LogP contribution in [0, 0.1) is 12.7 Å². The van der Waals surface area contributed by atoms with E-state index in [-0.39, 0.29) is 11.7 Å². The van der Waals surface area contributed by atoms with E-state index < -0.39 is 12.0 Å². The molecule has 1 atom stereocenters. The number of aromatic nitrogens is 3. The zero-order valence-electron chi connectivity index (χ0n) is 11.9. The highest BCUT2D eigenvalue weighted by Crippen LogP contribution is 2.22. The lowest BCUT2D eigenvalue weighted by molar-refractivity contribution is -0.118. The number of pyridine rings is 1. The molecule has 7 heteroatoms. The number of carbonyl (C=O) groups excluding carboxylic acids is 1. The van der Waals surface area contributed by atoms with Gasteiger partial charge < -0.3 is 5.11 Å². The van der Waals surface area contributed by atoms with Gasteiger partial charge in [-0.2, -0.15) is 0 Å². The number of rotatable bonds is 3. The third kappa shape index (κ3) is 3.19. The number of aliphatic hydroxyl groups is 1. The van der Waals surface area contributed by atoms with E-state index in [9.17, 15) is 14.3 Å². The van der Waals surface area contributed by atoms with Crippen LogP contribution in [0.25, 0.3) is 11.3 Å². The van der Waals surface area contributed by atoms with Gasteiger partial charge in [-0.1, -0.05) is 0 Å². The normalized spacial score (nSPS) is 12.0. The first-order chi connectivity index (χ1) is 9.90. The molecule has 2 rings (SSSR count). The molecule has 2 aromatic heterocycles. The summed E-state index contributed by atoms with van der Waals surface area (Å²) in [5.74, 6) is -0.543. The number of aliphatic hydroxyl groups excluding tert-OH is 1. The summed E-state index contributed by atoms with van der Waals surface area (Å²) in [4.78, 5) is 24.9. The number of anilines is 1. The summed E-state index contributed by atoms with van der Waals surface area (Å²) in [5.41, 5.74) is 1.38. The Balaban J connectivity index is 2.44. The second-order valence-electron chi connectivity index (χ2n) is 4.58. The number of nitrogens with zero attached hydrogens (tertiary/aromatic N) is 4. The molecular weight excluding hydrogens is 275 g/mol. The van der Waals surface area contributed by atoms with Gasteiger partial charge in [-0.15, -0.1) is 0 Å². The van der Waals surface area contributed by atoms with Crippen LogP contribution < -0.4 is 4.90 Å². The highest BCUT2D eigenvalue weighted by atomic mass is 19.1. The van der Waals surface area contributed by atoms with Gasteiger partial charge in [0.15, 0.2) is 5.82 Å². The summed E-state index contributed by atoms with van der Waals surface area (Å²) < 4.78 is 13.2. The van der Waals surface area contributed by atoms with E-state index in [2.05, 4.69) is 15.0 Å². The van der Waals surface area contributed by atoms with Crippen LogP contribution in [0.2, 0.25) is 0 Å². The molecule has 0 aliphatic carbocycles. The number of hydrogen-bond donors (Lipinski definition) is 1. The molecule has 110 valence electrons. The summed E-state index contributed by atoms with van der Waals surface area (Å²) in [7, 11) is 0. The van der Waals surface area contributed by atoms with Crippen LogP contribution in [0.5, 0.6) is 0 Å². The summed E-state index contributed by atoms with van der Waals surface area (Å²) >= 11 is 0. The van der Waals surface area contributed by atoms with E-state index in [1.807, 2.05) is 0 Å². The first-order valence-corrected chi connectivity index (χ1v) is 6.32. The van der Waals surface area contributed by atoms with Gasteiger partial charge in [-0.25, -0.2) is 14.4 Å². The van der Waals surface area contributed by atoms with Crippen molar-refractivity contribution in [2.24, 2.45) is 0 Å². The average molecular weight is 290 g/mol. The smallest absolute Gasteiger partial charge is 0.227 e. The van der Waals surface area contributed by atoms with Crippen LogP contribution in [-0.2, 0) is 4.79 Å². The molecule has 0 saturated carbocycles. The third-order valence-electron chi connectivity index (χ3n) is 2.86. The molecule has 0 aromatic carbocycles. The highest BCUT2D eigenvalue weighted by molar-refractivity contribution is 5.91. The molecule has 0 bridgehead atoms. The Hall–Kier alpha value is -2.41. The quantitative estimate of drug-likeness (QED) is 0.870. The molecule has 0 aliphatic heterocycles. The lowest BCUT2D eigenvalue weighted by Crippen LogP contribution is -2.38. The molecular formula is C14H15FN4O2. The van der Waals surface area contributed by atoms with Crippen LogP contribution >= 0.6 is 0 Å². The summed E-state index contributed by atoms with van der Waals surface area (Å²) in [5, 5.41) is 9.66. The minimum absolute atomic E-state index is 0.269. The topological polar surface area (TPSA) is 79.2 Å². The molecule has 21 heavy (non-hydrogen) atoms. The second-order valence-corrected chi connectivity index (χ2v) is 4.58. The number of amides is 1. The van der Waals surface area contributed by atoms with Crippen molar-refractivity contribution in [3.05, 3.63) is 36.2 Å². The Morgan fingerprint density at radius 2 is 2.10 bits per heavy atom. The fourth-order valence-electron chi connectivity index (χ4n) is 1.99. The van der Waals surface area contributed by atoms with E-state index in [0.29, 0.717) is 17.0 Å². The number of aryl methyl sites for hydroxylation is 1. The fraction of sp³-hybridized carbons (Fsp3) is 0.286. The maximum atomic E-state index is 13.2. The van der Waals surface area contributed by atoms with Gasteiger partial charge in [0.2, 0.25) is 5.91 Å². The predicted molar refractivity (Wildman–Crippen MR) is 74.8 cm³/mol. The Labute approximate surface area is 121 Å². The average Bonchev–Trinajstić information content (AvgIpc) is 2.40. The van der Waals surface area contributed by atoms with E-state index in [1.165, 1.54) is 32.3 Å². The van der Waals surface area contributed by atoms with Gasteiger partial charge in [0.25, 0.3) is 0 Å². The Morgan fingerprint density at radius 1 is 1.38 bits per heavy atom. The van der Waals surface area contributed by atoms with Crippen LogP contribution in [0.1, 0.15) is 19.5 Å². The lowest BCUT2D eigenvalue weighted by atomic mass is 10.2. The minimum Gasteiger partial charge on any atom is -0.373 e. The summed E-state index contributed by atoms with van der Waals surface area (Å²) in [6, 6.07) is 1.30. The molecule has 6 nitrogen and oxygen atoms in total. The Bertz CT molecular complexity index is 676. The van der Waals surface area contributed by atoms with Crippen LogP contribution in [0.15, 0.2) is 24.7 Å². The van der Waals surface area contributed by atoms with Gasteiger partial charge >= 0.3 is 0 Å². The molecule has 1 amide bonds. The lowest BCUT2D eigenvalue weighted by Gasteiger charge is -2.24. The predicted octanol–water partition coefficient (Wildman–Crippen LogP) is 1.68. The first kappa shape index (κ1) is 15.0. The molecule has 0 radical (unpaired) electrons. The van der Waals surface area contributed by atoms with Crippen molar-refractivity contribution >= 4 is 11.7 Å². The maximum Gasteiger partial charge on any atom is 0.227 e. The number of hydrogen-bond acceptors (Lipinski definition) is 5. The summed E-state index contributed by atoms with van der Waals surface area (Å²) in [6.07, 6.45) is 2.97. The van der Waals surface area contributed by atoms with Crippen molar-refractivity contribution in [3.63, 3.8) is 0 Å². The van der Waals surface area contributed by atoms with Gasteiger partial charge in [0.05, 0.1) is 23.8 Å². The Kier molecular flexibility index (Phi) is 4.23. The van der Waals surface area contributed by atoms with Crippen molar-refractivity contribution in [2.75, 3.05) is 4.90 Å². The molecule has 1 unspecified atom stereocenters. The molecule has 1 N–H and O–H groups in total. The fourth-order valence-corrected chi connectivity index (χ4v) is 1.99. The molecule has 2 aromatic rings. The van der Waals surface area contributed by atoms with Crippen LogP contribution in [0.3, 0.4) is 0 Å². The molecule has 0 saturated heterocycles. The SMILES string of the molecule is CC(=O)N(c1ncc(-c2cncc(F)c2)nc1C)C(C)O. The van der Waals surface area contributed by atoms with E-state index in [0.717, 1.165) is 11.1 Å². The van der Waals surface area contributed by atoms with Gasteiger partial charge in [-0.05, 0) is 19.9 Å². The van der Waals surface area contributed by atoms with Crippen LogP contribution in [-0.4, -0.2) is 32.2 Å². The van der Waals surface area contributed by atoms with Gasteiger partial charge in [-0.3, -0.25) is 14.7 Å². The standard InChI is InChI=1S/C14H15FN4O2/c1-8-14(19(9(2)20)10(3)21)17-7-13(18-8)11-4-12(15)6-16-5-11/h4-7,9,20H,1-3H3. The second kappa shape index (κ2) is 5.92. The molecule has 0 spiro atoms. The minimum atomic E-state index is -1.02. The van der Waals surface area contributed by atoms with Crippen molar-refractivity contribution in [1.29, 1.82) is 0 Å². The van der Waals surface area contributed by atoms with Gasteiger partial charge in [0.1, 0.15) is 12.0 Å². The zero-order valence-corrected chi connectivity index (χ0v) is 11.9. The van der Waals surface area contributed by atoms with Crippen molar-refractivity contribution in [3.8, 4) is 11.3 Å². The maximum absolute atomic E-state index is 13.2.